The fourth-order valence-corrected chi connectivity index (χ4v) is 3.01. The Balaban J connectivity index is 1.50. The van der Waals surface area contributed by atoms with Gasteiger partial charge in [-0.2, -0.15) is 0 Å². The number of nitrogens with zero attached hydrogens (tertiary/aromatic N) is 1. The minimum absolute atomic E-state index is 0.0541. The van der Waals surface area contributed by atoms with Gasteiger partial charge in [-0.15, -0.1) is 0 Å². The summed E-state index contributed by atoms with van der Waals surface area (Å²) in [6, 6.07) is 9.20. The summed E-state index contributed by atoms with van der Waals surface area (Å²) in [6.45, 7) is 2.10. The van der Waals surface area contributed by atoms with Gasteiger partial charge in [0.15, 0.2) is 0 Å². The molecular weight excluding hydrogens is 278 g/mol. The minimum atomic E-state index is -0.588. The first-order valence-corrected chi connectivity index (χ1v) is 8.00. The Kier molecular flexibility index (Phi) is 4.16. The number of nitrogens with one attached hydrogen (secondary N) is 1. The predicted molar refractivity (Wildman–Crippen MR) is 84.2 cm³/mol. The van der Waals surface area contributed by atoms with Gasteiger partial charge in [-0.05, 0) is 43.7 Å². The second-order valence-corrected chi connectivity index (χ2v) is 6.49. The van der Waals surface area contributed by atoms with E-state index >= 15 is 0 Å². The topological polar surface area (TPSA) is 75.4 Å². The molecule has 0 bridgehead atoms. The number of carbonyl (C=O) groups excluding carboxylic acids is 2. The molecule has 1 atom stereocenters. The first kappa shape index (κ1) is 15.0. The molecule has 0 aromatic heterocycles. The third kappa shape index (κ3) is 3.30. The maximum atomic E-state index is 12.3. The molecule has 5 heteroatoms. The smallest absolute Gasteiger partial charge is 0.251 e. The number of piperidine rings is 1. The van der Waals surface area contributed by atoms with E-state index in [9.17, 15) is 9.59 Å². The van der Waals surface area contributed by atoms with Crippen molar-refractivity contribution in [3.8, 4) is 0 Å². The maximum absolute atomic E-state index is 12.3. The van der Waals surface area contributed by atoms with Crippen molar-refractivity contribution in [1.29, 1.82) is 0 Å². The normalized spacial score (nSPS) is 23.0. The van der Waals surface area contributed by atoms with Crippen molar-refractivity contribution in [3.63, 3.8) is 0 Å². The molecule has 1 aliphatic heterocycles. The Morgan fingerprint density at radius 2 is 2.00 bits per heavy atom. The number of likely N-dealkylation sites (tertiary alicyclic amines) is 1. The second kappa shape index (κ2) is 6.08. The molecule has 3 rings (SSSR count). The van der Waals surface area contributed by atoms with Crippen LogP contribution in [-0.4, -0.2) is 41.9 Å². The molecule has 2 aliphatic rings. The van der Waals surface area contributed by atoms with E-state index in [0.29, 0.717) is 24.6 Å². The van der Waals surface area contributed by atoms with Crippen LogP contribution in [0.2, 0.25) is 0 Å². The van der Waals surface area contributed by atoms with Crippen molar-refractivity contribution >= 4 is 11.8 Å². The molecule has 2 amide bonds. The zero-order valence-electron chi connectivity index (χ0n) is 12.8. The van der Waals surface area contributed by atoms with Crippen LogP contribution >= 0.6 is 0 Å². The lowest BCUT2D eigenvalue weighted by Gasteiger charge is -2.34. The third-order valence-electron chi connectivity index (χ3n) is 4.61. The summed E-state index contributed by atoms with van der Waals surface area (Å²) in [4.78, 5) is 26.2. The fourth-order valence-electron chi connectivity index (χ4n) is 3.01. The van der Waals surface area contributed by atoms with Crippen LogP contribution in [0.5, 0.6) is 0 Å². The fraction of sp³-hybridized carbons (Fsp3) is 0.529. The summed E-state index contributed by atoms with van der Waals surface area (Å²) in [5.74, 6) is 0.348. The van der Waals surface area contributed by atoms with E-state index in [1.165, 1.54) is 0 Å². The molecule has 1 aliphatic carbocycles. The van der Waals surface area contributed by atoms with Crippen LogP contribution in [0.4, 0.5) is 0 Å². The molecule has 0 spiro atoms. The Bertz CT molecular complexity index is 554. The van der Waals surface area contributed by atoms with Gasteiger partial charge in [0, 0.05) is 25.2 Å². The number of hydrogen-bond donors (Lipinski definition) is 2. The van der Waals surface area contributed by atoms with E-state index in [1.807, 2.05) is 23.1 Å². The lowest BCUT2D eigenvalue weighted by atomic mass is 9.97. The van der Waals surface area contributed by atoms with Crippen LogP contribution in [0.3, 0.4) is 0 Å². The number of hydrogen-bond acceptors (Lipinski definition) is 3. The van der Waals surface area contributed by atoms with Crippen LogP contribution in [0.15, 0.2) is 30.3 Å². The van der Waals surface area contributed by atoms with Crippen LogP contribution in [-0.2, 0) is 4.79 Å². The number of amides is 2. The monoisotopic (exact) mass is 301 g/mol. The highest BCUT2D eigenvalue weighted by atomic mass is 16.2. The highest BCUT2D eigenvalue weighted by Gasteiger charge is 2.48. The van der Waals surface area contributed by atoms with Crippen LogP contribution in [0, 0.1) is 5.92 Å². The highest BCUT2D eigenvalue weighted by molar-refractivity contribution is 5.94. The van der Waals surface area contributed by atoms with Gasteiger partial charge >= 0.3 is 0 Å². The first-order valence-electron chi connectivity index (χ1n) is 8.00. The summed E-state index contributed by atoms with van der Waals surface area (Å²) >= 11 is 0. The highest BCUT2D eigenvalue weighted by Crippen LogP contribution is 2.35. The molecule has 1 saturated heterocycles. The van der Waals surface area contributed by atoms with Gasteiger partial charge in [0.2, 0.25) is 5.91 Å². The number of nitrogens with two attached hydrogens (primary N) is 1. The lowest BCUT2D eigenvalue weighted by Crippen LogP contribution is -2.50. The molecule has 1 heterocycles. The molecule has 118 valence electrons. The van der Waals surface area contributed by atoms with E-state index in [0.717, 1.165) is 32.2 Å². The van der Waals surface area contributed by atoms with Gasteiger partial charge in [-0.25, -0.2) is 0 Å². The van der Waals surface area contributed by atoms with E-state index < -0.39 is 5.54 Å². The largest absolute Gasteiger partial charge is 0.352 e. The summed E-state index contributed by atoms with van der Waals surface area (Å²) in [5.41, 5.74) is 6.09. The average Bonchev–Trinajstić information content (AvgIpc) is 3.32. The Morgan fingerprint density at radius 1 is 1.27 bits per heavy atom. The van der Waals surface area contributed by atoms with Gasteiger partial charge in [0.25, 0.3) is 5.91 Å². The predicted octanol–water partition coefficient (Wildman–Crippen LogP) is 1.15. The molecule has 0 radical (unpaired) electrons. The second-order valence-electron chi connectivity index (χ2n) is 6.49. The van der Waals surface area contributed by atoms with E-state index in [-0.39, 0.29) is 11.8 Å². The summed E-state index contributed by atoms with van der Waals surface area (Å²) in [6.07, 6.45) is 3.62. The van der Waals surface area contributed by atoms with Crippen LogP contribution < -0.4 is 11.1 Å². The number of rotatable bonds is 4. The van der Waals surface area contributed by atoms with E-state index in [2.05, 4.69) is 5.32 Å². The van der Waals surface area contributed by atoms with Crippen LogP contribution in [0.25, 0.3) is 0 Å². The summed E-state index contributed by atoms with van der Waals surface area (Å²) in [5, 5.41) is 2.97. The minimum Gasteiger partial charge on any atom is -0.352 e. The van der Waals surface area contributed by atoms with Gasteiger partial charge in [-0.1, -0.05) is 18.2 Å². The molecule has 1 saturated carbocycles. The molecular formula is C17H23N3O2. The Morgan fingerprint density at radius 3 is 2.68 bits per heavy atom. The van der Waals surface area contributed by atoms with E-state index in [4.69, 9.17) is 5.73 Å². The van der Waals surface area contributed by atoms with Gasteiger partial charge in [0.05, 0.1) is 5.54 Å². The van der Waals surface area contributed by atoms with Crippen molar-refractivity contribution in [2.24, 2.45) is 11.7 Å². The molecule has 5 nitrogen and oxygen atoms in total. The number of benzene rings is 1. The van der Waals surface area contributed by atoms with Gasteiger partial charge < -0.3 is 16.0 Å². The van der Waals surface area contributed by atoms with Gasteiger partial charge in [-0.3, -0.25) is 9.59 Å². The van der Waals surface area contributed by atoms with E-state index in [1.54, 1.807) is 12.1 Å². The van der Waals surface area contributed by atoms with Crippen molar-refractivity contribution < 1.29 is 9.59 Å². The Labute approximate surface area is 130 Å². The first-order chi connectivity index (χ1) is 10.6. The third-order valence-corrected chi connectivity index (χ3v) is 4.61. The molecule has 1 unspecified atom stereocenters. The molecule has 1 aromatic carbocycles. The van der Waals surface area contributed by atoms with Crippen molar-refractivity contribution in [2.45, 2.75) is 31.2 Å². The van der Waals surface area contributed by atoms with Crippen molar-refractivity contribution in [2.75, 3.05) is 19.6 Å². The maximum Gasteiger partial charge on any atom is 0.251 e. The lowest BCUT2D eigenvalue weighted by molar-refractivity contribution is -0.135. The molecule has 3 N–H and O–H groups in total. The Hall–Kier alpha value is -1.88. The standard InChI is InChI=1S/C17H23N3O2/c18-17(8-9-17)16(22)20-10-4-5-13(12-20)11-19-15(21)14-6-2-1-3-7-14/h1-3,6-7,13H,4-5,8-12,18H2,(H,19,21). The average molecular weight is 301 g/mol. The molecule has 22 heavy (non-hydrogen) atoms. The summed E-state index contributed by atoms with van der Waals surface area (Å²) < 4.78 is 0. The SMILES string of the molecule is NC1(C(=O)N2CCCC(CNC(=O)c3ccccc3)C2)CC1. The molecule has 2 fully saturated rings. The number of carbonyl (C=O) groups is 2. The van der Waals surface area contributed by atoms with Crippen molar-refractivity contribution in [3.05, 3.63) is 35.9 Å². The molecule has 1 aromatic rings. The summed E-state index contributed by atoms with van der Waals surface area (Å²) in [7, 11) is 0. The zero-order valence-corrected chi connectivity index (χ0v) is 12.8. The van der Waals surface area contributed by atoms with Crippen molar-refractivity contribution in [1.82, 2.24) is 10.2 Å². The van der Waals surface area contributed by atoms with Crippen LogP contribution in [0.1, 0.15) is 36.0 Å². The quantitative estimate of drug-likeness (QED) is 0.876. The zero-order chi connectivity index (χ0) is 15.6. The van der Waals surface area contributed by atoms with Gasteiger partial charge in [0.1, 0.15) is 0 Å².